The number of carbonyl (C=O) groups excluding carboxylic acids is 1. The molecule has 86 valence electrons. The van der Waals surface area contributed by atoms with Gasteiger partial charge in [0.2, 0.25) is 5.91 Å². The number of hydrogen-bond donors (Lipinski definition) is 1. The van der Waals surface area contributed by atoms with Gasteiger partial charge >= 0.3 is 0 Å². The summed E-state index contributed by atoms with van der Waals surface area (Å²) in [5, 5.41) is 0. The molecular formula is C13H17NOS. The van der Waals surface area contributed by atoms with E-state index in [0.717, 1.165) is 18.0 Å². The van der Waals surface area contributed by atoms with Gasteiger partial charge in [-0.05, 0) is 42.7 Å². The second kappa shape index (κ2) is 4.50. The maximum Gasteiger partial charge on any atom is 0.227 e. The van der Waals surface area contributed by atoms with Crippen molar-refractivity contribution in [2.24, 2.45) is 5.92 Å². The monoisotopic (exact) mass is 235 g/mol. The summed E-state index contributed by atoms with van der Waals surface area (Å²) >= 11 is 4.28. The molecule has 2 nitrogen and oxygen atoms in total. The zero-order valence-corrected chi connectivity index (χ0v) is 10.6. The molecule has 1 aliphatic rings. The summed E-state index contributed by atoms with van der Waals surface area (Å²) in [5.41, 5.74) is 3.43. The Bertz CT molecular complexity index is 416. The van der Waals surface area contributed by atoms with Crippen molar-refractivity contribution in [3.63, 3.8) is 0 Å². The Hall–Kier alpha value is -0.960. The van der Waals surface area contributed by atoms with Crippen LogP contribution in [0.5, 0.6) is 0 Å². The highest BCUT2D eigenvalue weighted by atomic mass is 32.1. The van der Waals surface area contributed by atoms with Crippen LogP contribution in [-0.4, -0.2) is 18.2 Å². The number of carbonyl (C=O) groups is 1. The molecule has 1 aliphatic heterocycles. The number of rotatable bonds is 2. The normalized spacial score (nSPS) is 20.6. The Kier molecular flexibility index (Phi) is 3.24. The Morgan fingerprint density at radius 1 is 1.44 bits per heavy atom. The number of amides is 1. The molecule has 1 fully saturated rings. The molecule has 0 radical (unpaired) electrons. The zero-order valence-electron chi connectivity index (χ0n) is 9.73. The van der Waals surface area contributed by atoms with E-state index in [9.17, 15) is 4.79 Å². The Morgan fingerprint density at radius 2 is 2.19 bits per heavy atom. The fraction of sp³-hybridized carbons (Fsp3) is 0.462. The summed E-state index contributed by atoms with van der Waals surface area (Å²) in [6.07, 6.45) is 0.636. The van der Waals surface area contributed by atoms with Crippen molar-refractivity contribution in [2.45, 2.75) is 20.3 Å². The van der Waals surface area contributed by atoms with Crippen molar-refractivity contribution >= 4 is 24.2 Å². The third kappa shape index (κ3) is 2.09. The van der Waals surface area contributed by atoms with Crippen molar-refractivity contribution < 1.29 is 4.79 Å². The molecule has 0 bridgehead atoms. The van der Waals surface area contributed by atoms with Crippen molar-refractivity contribution in [3.8, 4) is 0 Å². The molecule has 16 heavy (non-hydrogen) atoms. The first-order chi connectivity index (χ1) is 7.61. The van der Waals surface area contributed by atoms with Crippen LogP contribution in [0.15, 0.2) is 18.2 Å². The maximum absolute atomic E-state index is 11.9. The third-order valence-corrected chi connectivity index (χ3v) is 3.64. The molecule has 0 spiro atoms. The largest absolute Gasteiger partial charge is 0.312 e. The Morgan fingerprint density at radius 3 is 2.81 bits per heavy atom. The highest BCUT2D eigenvalue weighted by Gasteiger charge is 2.30. The van der Waals surface area contributed by atoms with Gasteiger partial charge in [0.1, 0.15) is 0 Å². The fourth-order valence-corrected chi connectivity index (χ4v) is 2.39. The molecule has 3 heteroatoms. The summed E-state index contributed by atoms with van der Waals surface area (Å²) in [5.74, 6) is 1.41. The van der Waals surface area contributed by atoms with E-state index in [4.69, 9.17) is 0 Å². The van der Waals surface area contributed by atoms with Crippen LogP contribution in [0.4, 0.5) is 5.69 Å². The minimum atomic E-state index is 0.229. The fourth-order valence-electron chi connectivity index (χ4n) is 2.15. The first-order valence-corrected chi connectivity index (χ1v) is 6.23. The van der Waals surface area contributed by atoms with Gasteiger partial charge in [0.05, 0.1) is 0 Å². The topological polar surface area (TPSA) is 20.3 Å². The van der Waals surface area contributed by atoms with Crippen LogP contribution in [0, 0.1) is 19.8 Å². The third-order valence-electron chi connectivity index (χ3n) is 3.12. The number of hydrogen-bond acceptors (Lipinski definition) is 2. The molecule has 0 saturated carbocycles. The number of nitrogens with zero attached hydrogens (tertiary/aromatic N) is 1. The number of anilines is 1. The van der Waals surface area contributed by atoms with Crippen LogP contribution < -0.4 is 4.90 Å². The quantitative estimate of drug-likeness (QED) is 0.781. The molecule has 1 aromatic carbocycles. The molecule has 1 atom stereocenters. The lowest BCUT2D eigenvalue weighted by Crippen LogP contribution is -2.25. The van der Waals surface area contributed by atoms with E-state index in [1.165, 1.54) is 11.1 Å². The van der Waals surface area contributed by atoms with Gasteiger partial charge in [-0.3, -0.25) is 4.79 Å². The lowest BCUT2D eigenvalue weighted by atomic mass is 10.1. The summed E-state index contributed by atoms with van der Waals surface area (Å²) in [6.45, 7) is 4.92. The van der Waals surface area contributed by atoms with E-state index >= 15 is 0 Å². The first kappa shape index (κ1) is 11.5. The Balaban J connectivity index is 2.30. The SMILES string of the molecule is Cc1ccc(C)c(N2CC(CS)CC2=O)c1. The van der Waals surface area contributed by atoms with Gasteiger partial charge in [-0.25, -0.2) is 0 Å². The second-order valence-corrected chi connectivity index (χ2v) is 4.91. The van der Waals surface area contributed by atoms with Gasteiger partial charge in [0.15, 0.2) is 0 Å². The lowest BCUT2D eigenvalue weighted by molar-refractivity contribution is -0.117. The average Bonchev–Trinajstić information content (AvgIpc) is 2.63. The van der Waals surface area contributed by atoms with Crippen LogP contribution in [0.2, 0.25) is 0 Å². The first-order valence-electron chi connectivity index (χ1n) is 5.60. The van der Waals surface area contributed by atoms with E-state index in [0.29, 0.717) is 12.3 Å². The molecule has 1 unspecified atom stereocenters. The van der Waals surface area contributed by atoms with Gasteiger partial charge in [-0.2, -0.15) is 12.6 Å². The van der Waals surface area contributed by atoms with Crippen molar-refractivity contribution in [3.05, 3.63) is 29.3 Å². The molecule has 0 N–H and O–H groups in total. The Labute approximate surface area is 102 Å². The lowest BCUT2D eigenvalue weighted by Gasteiger charge is -2.19. The minimum Gasteiger partial charge on any atom is -0.312 e. The minimum absolute atomic E-state index is 0.229. The summed E-state index contributed by atoms with van der Waals surface area (Å²) in [6, 6.07) is 6.25. The van der Waals surface area contributed by atoms with Crippen LogP contribution in [0.25, 0.3) is 0 Å². The van der Waals surface area contributed by atoms with Gasteiger partial charge in [0, 0.05) is 18.7 Å². The van der Waals surface area contributed by atoms with E-state index in [1.54, 1.807) is 0 Å². The molecule has 1 heterocycles. The van der Waals surface area contributed by atoms with E-state index in [2.05, 4.69) is 44.7 Å². The number of thiol groups is 1. The van der Waals surface area contributed by atoms with Crippen LogP contribution in [0.3, 0.4) is 0 Å². The molecule has 0 aliphatic carbocycles. The molecule has 0 aromatic heterocycles. The van der Waals surface area contributed by atoms with Gasteiger partial charge in [0.25, 0.3) is 0 Å². The van der Waals surface area contributed by atoms with E-state index in [1.807, 2.05) is 4.90 Å². The van der Waals surface area contributed by atoms with Crippen LogP contribution in [0.1, 0.15) is 17.5 Å². The predicted molar refractivity (Wildman–Crippen MR) is 70.2 cm³/mol. The van der Waals surface area contributed by atoms with E-state index in [-0.39, 0.29) is 5.91 Å². The number of aryl methyl sites for hydroxylation is 2. The highest BCUT2D eigenvalue weighted by Crippen LogP contribution is 2.28. The number of benzene rings is 1. The van der Waals surface area contributed by atoms with Gasteiger partial charge in [-0.1, -0.05) is 12.1 Å². The van der Waals surface area contributed by atoms with Crippen molar-refractivity contribution in [1.82, 2.24) is 0 Å². The zero-order chi connectivity index (χ0) is 11.7. The van der Waals surface area contributed by atoms with E-state index < -0.39 is 0 Å². The smallest absolute Gasteiger partial charge is 0.227 e. The second-order valence-electron chi connectivity index (χ2n) is 4.55. The summed E-state index contributed by atoms with van der Waals surface area (Å²) in [7, 11) is 0. The van der Waals surface area contributed by atoms with Gasteiger partial charge in [-0.15, -0.1) is 0 Å². The average molecular weight is 235 g/mol. The molecule has 1 aromatic rings. The van der Waals surface area contributed by atoms with Crippen molar-refractivity contribution in [1.29, 1.82) is 0 Å². The molecule has 1 saturated heterocycles. The molecule has 2 rings (SSSR count). The van der Waals surface area contributed by atoms with Crippen molar-refractivity contribution in [2.75, 3.05) is 17.2 Å². The van der Waals surface area contributed by atoms with Gasteiger partial charge < -0.3 is 4.90 Å². The van der Waals surface area contributed by atoms with Crippen LogP contribution >= 0.6 is 12.6 Å². The molecule has 1 amide bonds. The predicted octanol–water partition coefficient (Wildman–Crippen LogP) is 2.59. The highest BCUT2D eigenvalue weighted by molar-refractivity contribution is 7.80. The summed E-state index contributed by atoms with van der Waals surface area (Å²) < 4.78 is 0. The van der Waals surface area contributed by atoms with Crippen LogP contribution in [-0.2, 0) is 4.79 Å². The summed E-state index contributed by atoms with van der Waals surface area (Å²) in [4.78, 5) is 13.8. The molecular weight excluding hydrogens is 218 g/mol. The maximum atomic E-state index is 11.9. The standard InChI is InChI=1S/C13H17NOS/c1-9-3-4-10(2)12(5-9)14-7-11(8-16)6-13(14)15/h3-5,11,16H,6-8H2,1-2H3.